The Morgan fingerprint density at radius 3 is 2.56 bits per heavy atom. The third kappa shape index (κ3) is 6.86. The minimum absolute atomic E-state index is 0.126. The Bertz CT molecular complexity index is 968. The van der Waals surface area contributed by atoms with Crippen LogP contribution in [-0.2, 0) is 4.79 Å². The Morgan fingerprint density at radius 1 is 1.24 bits per heavy atom. The van der Waals surface area contributed by atoms with Crippen molar-refractivity contribution < 1.29 is 9.90 Å². The topological polar surface area (TPSA) is 93.6 Å². The molecule has 2 unspecified atom stereocenters. The third-order valence-electron chi connectivity index (χ3n) is 5.90. The zero-order valence-corrected chi connectivity index (χ0v) is 21.7. The molecule has 2 aromatic rings. The van der Waals surface area contributed by atoms with Gasteiger partial charge in [0.05, 0.1) is 24.4 Å². The average Bonchev–Trinajstić information content (AvgIpc) is 3.41. The maximum atomic E-state index is 11.1. The number of nitrogens with one attached hydrogen (secondary N) is 2. The van der Waals surface area contributed by atoms with Crippen molar-refractivity contribution in [3.8, 4) is 0 Å². The van der Waals surface area contributed by atoms with Gasteiger partial charge in [-0.3, -0.25) is 4.79 Å². The first-order valence-corrected chi connectivity index (χ1v) is 12.5. The number of aryl methyl sites for hydroxylation is 1. The Morgan fingerprint density at radius 2 is 1.97 bits per heavy atom. The number of rotatable bonds is 6. The Hall–Kier alpha value is -1.84. The number of anilines is 2. The summed E-state index contributed by atoms with van der Waals surface area (Å²) < 4.78 is 0. The molecule has 8 nitrogen and oxygen atoms in total. The first-order chi connectivity index (χ1) is 16.3. The highest BCUT2D eigenvalue weighted by Gasteiger charge is 2.28. The molecule has 3 N–H and O–H groups in total. The number of aliphatic hydroxyl groups is 1. The molecule has 0 saturated carbocycles. The molecule has 0 aliphatic carbocycles. The normalized spacial score (nSPS) is 18.8. The van der Waals surface area contributed by atoms with Crippen LogP contribution in [0.4, 0.5) is 11.8 Å². The quantitative estimate of drug-likeness (QED) is 0.488. The minimum Gasteiger partial charge on any atom is -0.394 e. The summed E-state index contributed by atoms with van der Waals surface area (Å²) in [6.45, 7) is 7.62. The summed E-state index contributed by atoms with van der Waals surface area (Å²) in [5.74, 6) is 0.985. The van der Waals surface area contributed by atoms with Crippen molar-refractivity contribution in [1.82, 2.24) is 20.2 Å². The molecular formula is C23H31Cl3N6O2. The number of piperazine rings is 1. The Labute approximate surface area is 215 Å². The molecule has 3 heterocycles. The fourth-order valence-electron chi connectivity index (χ4n) is 3.89. The van der Waals surface area contributed by atoms with Gasteiger partial charge in [0, 0.05) is 29.7 Å². The lowest BCUT2D eigenvalue weighted by Gasteiger charge is -2.38. The van der Waals surface area contributed by atoms with Crippen LogP contribution in [0.5, 0.6) is 0 Å². The van der Waals surface area contributed by atoms with Gasteiger partial charge in [-0.05, 0) is 57.5 Å². The van der Waals surface area contributed by atoms with E-state index in [4.69, 9.17) is 34.8 Å². The molecule has 1 aromatic carbocycles. The van der Waals surface area contributed by atoms with E-state index in [-0.39, 0.29) is 18.7 Å². The number of hydrogen-bond donors (Lipinski definition) is 3. The average molecular weight is 530 g/mol. The number of benzene rings is 1. The van der Waals surface area contributed by atoms with Crippen molar-refractivity contribution in [2.75, 3.05) is 49.5 Å². The van der Waals surface area contributed by atoms with E-state index < -0.39 is 0 Å². The molecule has 1 aromatic heterocycles. The number of amides is 1. The van der Waals surface area contributed by atoms with E-state index in [0.29, 0.717) is 52.2 Å². The lowest BCUT2D eigenvalue weighted by Crippen LogP contribution is -2.54. The van der Waals surface area contributed by atoms with Crippen molar-refractivity contribution in [1.29, 1.82) is 0 Å². The molecule has 2 saturated heterocycles. The Balaban J connectivity index is 0.000000574. The Kier molecular flexibility index (Phi) is 10.0. The molecule has 2 atom stereocenters. The van der Waals surface area contributed by atoms with Gasteiger partial charge in [0.25, 0.3) is 0 Å². The summed E-state index contributed by atoms with van der Waals surface area (Å²) in [7, 11) is 0. The number of halogens is 3. The molecule has 1 amide bonds. The van der Waals surface area contributed by atoms with Crippen LogP contribution in [-0.4, -0.2) is 71.8 Å². The van der Waals surface area contributed by atoms with Gasteiger partial charge in [0.1, 0.15) is 5.02 Å². The lowest BCUT2D eigenvalue weighted by atomic mass is 10.1. The molecule has 2 aliphatic heterocycles. The molecule has 2 aliphatic rings. The molecule has 2 fully saturated rings. The third-order valence-corrected chi connectivity index (χ3v) is 6.92. The fraction of sp³-hybridized carbons (Fsp3) is 0.522. The standard InChI is InChI=1S/C19H22Cl3N5O2.C4H9N/c1-11(15-4-3-13(20)7-16(15)21)23-18-17(22)12(2)24-19(25-18)26-5-6-27(10-29)14(8-26)9-28;1-2-4-5-3-1/h3-4,7,10-11,14,28H,5-6,8-9H2,1-2H3,(H,23,24,25);5H,1-4H2. The number of carbonyl (C=O) groups is 1. The first-order valence-electron chi connectivity index (χ1n) is 11.4. The van der Waals surface area contributed by atoms with Gasteiger partial charge in [-0.15, -0.1) is 0 Å². The number of nitrogens with zero attached hydrogens (tertiary/aromatic N) is 4. The van der Waals surface area contributed by atoms with Gasteiger partial charge in [0.2, 0.25) is 12.4 Å². The zero-order valence-electron chi connectivity index (χ0n) is 19.4. The highest BCUT2D eigenvalue weighted by molar-refractivity contribution is 6.35. The van der Waals surface area contributed by atoms with Crippen LogP contribution >= 0.6 is 34.8 Å². The van der Waals surface area contributed by atoms with Crippen molar-refractivity contribution in [3.05, 3.63) is 44.5 Å². The number of aromatic nitrogens is 2. The van der Waals surface area contributed by atoms with Gasteiger partial charge in [-0.25, -0.2) is 4.98 Å². The van der Waals surface area contributed by atoms with Crippen molar-refractivity contribution >= 4 is 53.0 Å². The molecule has 186 valence electrons. The second kappa shape index (κ2) is 12.7. The van der Waals surface area contributed by atoms with Crippen LogP contribution in [0.15, 0.2) is 18.2 Å². The number of hydrogen-bond acceptors (Lipinski definition) is 7. The van der Waals surface area contributed by atoms with Crippen molar-refractivity contribution in [2.45, 2.75) is 38.8 Å². The highest BCUT2D eigenvalue weighted by Crippen LogP contribution is 2.32. The van der Waals surface area contributed by atoms with E-state index in [2.05, 4.69) is 20.6 Å². The minimum atomic E-state index is -0.302. The maximum absolute atomic E-state index is 11.1. The molecule has 0 bridgehead atoms. The largest absolute Gasteiger partial charge is 0.394 e. The second-order valence-corrected chi connectivity index (χ2v) is 9.61. The van der Waals surface area contributed by atoms with Crippen LogP contribution < -0.4 is 15.5 Å². The zero-order chi connectivity index (χ0) is 24.7. The van der Waals surface area contributed by atoms with Crippen molar-refractivity contribution in [2.24, 2.45) is 0 Å². The predicted octanol–water partition coefficient (Wildman–Crippen LogP) is 3.93. The van der Waals surface area contributed by atoms with E-state index in [1.165, 1.54) is 25.9 Å². The molecule has 34 heavy (non-hydrogen) atoms. The molecule has 11 heteroatoms. The summed E-state index contributed by atoms with van der Waals surface area (Å²) >= 11 is 18.8. The maximum Gasteiger partial charge on any atom is 0.227 e. The van der Waals surface area contributed by atoms with Gasteiger partial charge < -0.3 is 25.5 Å². The predicted molar refractivity (Wildman–Crippen MR) is 138 cm³/mol. The van der Waals surface area contributed by atoms with E-state index in [9.17, 15) is 9.90 Å². The van der Waals surface area contributed by atoms with Gasteiger partial charge in [-0.1, -0.05) is 40.9 Å². The van der Waals surface area contributed by atoms with Gasteiger partial charge in [-0.2, -0.15) is 4.98 Å². The van der Waals surface area contributed by atoms with Gasteiger partial charge >= 0.3 is 0 Å². The van der Waals surface area contributed by atoms with Crippen LogP contribution in [0.3, 0.4) is 0 Å². The van der Waals surface area contributed by atoms with Crippen LogP contribution in [0.25, 0.3) is 0 Å². The summed E-state index contributed by atoms with van der Waals surface area (Å²) in [4.78, 5) is 23.8. The summed E-state index contributed by atoms with van der Waals surface area (Å²) in [6.07, 6.45) is 3.54. The smallest absolute Gasteiger partial charge is 0.227 e. The lowest BCUT2D eigenvalue weighted by molar-refractivity contribution is -0.121. The number of aliphatic hydroxyl groups excluding tert-OH is 1. The molecular weight excluding hydrogens is 499 g/mol. The monoisotopic (exact) mass is 528 g/mol. The first kappa shape index (κ1) is 26.8. The fourth-order valence-corrected chi connectivity index (χ4v) is 4.61. The SMILES string of the molecule is C1CCNC1.Cc1nc(N2CCN(C=O)C(CO)C2)nc(NC(C)c2ccc(Cl)cc2Cl)c1Cl. The summed E-state index contributed by atoms with van der Waals surface area (Å²) in [5.41, 5.74) is 1.50. The van der Waals surface area contributed by atoms with Crippen LogP contribution in [0, 0.1) is 6.92 Å². The van der Waals surface area contributed by atoms with E-state index in [0.717, 1.165) is 12.0 Å². The highest BCUT2D eigenvalue weighted by atomic mass is 35.5. The van der Waals surface area contributed by atoms with Crippen LogP contribution in [0.1, 0.15) is 37.1 Å². The summed E-state index contributed by atoms with van der Waals surface area (Å²) in [5, 5.41) is 17.6. The summed E-state index contributed by atoms with van der Waals surface area (Å²) in [6, 6.07) is 4.85. The molecule has 0 spiro atoms. The number of carbonyl (C=O) groups excluding carboxylic acids is 1. The molecule has 4 rings (SSSR count). The van der Waals surface area contributed by atoms with E-state index >= 15 is 0 Å². The second-order valence-electron chi connectivity index (χ2n) is 8.39. The van der Waals surface area contributed by atoms with E-state index in [1.807, 2.05) is 24.8 Å². The van der Waals surface area contributed by atoms with Crippen molar-refractivity contribution in [3.63, 3.8) is 0 Å². The van der Waals surface area contributed by atoms with Gasteiger partial charge in [0.15, 0.2) is 5.82 Å². The van der Waals surface area contributed by atoms with Crippen LogP contribution in [0.2, 0.25) is 15.1 Å². The molecule has 0 radical (unpaired) electrons. The van der Waals surface area contributed by atoms with E-state index in [1.54, 1.807) is 17.0 Å².